The van der Waals surface area contributed by atoms with Gasteiger partial charge in [0.1, 0.15) is 0 Å². The van der Waals surface area contributed by atoms with Crippen LogP contribution in [0.15, 0.2) is 29.3 Å². The van der Waals surface area contributed by atoms with E-state index in [9.17, 15) is 13.2 Å². The normalized spacial score (nSPS) is 22.0. The third-order valence-electron chi connectivity index (χ3n) is 6.11. The number of hydrogen-bond donors (Lipinski definition) is 2. The summed E-state index contributed by atoms with van der Waals surface area (Å²) < 4.78 is 28.0. The molecular formula is C21H28N4O4S2. The molecule has 0 spiro atoms. The van der Waals surface area contributed by atoms with Crippen LogP contribution in [0.25, 0.3) is 10.4 Å². The first-order valence-corrected chi connectivity index (χ1v) is 12.8. The Balaban J connectivity index is 1.61. The van der Waals surface area contributed by atoms with E-state index < -0.39 is 16.1 Å². The van der Waals surface area contributed by atoms with E-state index in [0.29, 0.717) is 23.5 Å². The fourth-order valence-corrected chi connectivity index (χ4v) is 7.07. The molecule has 1 saturated heterocycles. The standard InChI is InChI=1S/C21H28N4O4S2/c1-24(2)16-8-9-17(19(12-16)31(28,29)25-10-3-11-25)18-13-22-20(30-18)14-4-6-15(7-5-14)23-21(26)27/h8-9,12-15,23H,3-7,10-11H2,1-2H3,(H,26,27). The number of nitrogens with one attached hydrogen (secondary N) is 1. The quantitative estimate of drug-likeness (QED) is 0.678. The fourth-order valence-electron chi connectivity index (χ4n) is 4.13. The Morgan fingerprint density at radius 3 is 2.52 bits per heavy atom. The number of rotatable bonds is 6. The first-order valence-electron chi connectivity index (χ1n) is 10.5. The van der Waals surface area contributed by atoms with Crippen LogP contribution in [0.4, 0.5) is 10.5 Å². The number of amides is 1. The molecule has 8 nitrogen and oxygen atoms in total. The first-order chi connectivity index (χ1) is 14.8. The van der Waals surface area contributed by atoms with Crippen molar-refractivity contribution in [3.05, 3.63) is 29.4 Å². The molecule has 0 atom stereocenters. The molecule has 2 aliphatic rings. The van der Waals surface area contributed by atoms with E-state index >= 15 is 0 Å². The lowest BCUT2D eigenvalue weighted by Gasteiger charge is -2.30. The molecule has 0 bridgehead atoms. The SMILES string of the molecule is CN(C)c1ccc(-c2cnc(C3CCC(NC(=O)O)CC3)s2)c(S(=O)(=O)N2CCC2)c1. The minimum absolute atomic E-state index is 0.0000300. The number of benzene rings is 1. The summed E-state index contributed by atoms with van der Waals surface area (Å²) in [7, 11) is 0.247. The average Bonchev–Trinajstić information content (AvgIpc) is 3.16. The van der Waals surface area contributed by atoms with Gasteiger partial charge in [0.15, 0.2) is 0 Å². The molecule has 1 aromatic heterocycles. The van der Waals surface area contributed by atoms with E-state index in [1.165, 1.54) is 4.31 Å². The molecule has 1 amide bonds. The molecule has 2 aromatic rings. The minimum Gasteiger partial charge on any atom is -0.465 e. The van der Waals surface area contributed by atoms with Gasteiger partial charge >= 0.3 is 6.09 Å². The Morgan fingerprint density at radius 1 is 1.23 bits per heavy atom. The smallest absolute Gasteiger partial charge is 0.404 e. The van der Waals surface area contributed by atoms with E-state index in [1.54, 1.807) is 23.6 Å². The molecule has 2 heterocycles. The molecule has 2 N–H and O–H groups in total. The van der Waals surface area contributed by atoms with Crippen LogP contribution in [-0.4, -0.2) is 62.1 Å². The van der Waals surface area contributed by atoms with Gasteiger partial charge in [0.2, 0.25) is 10.0 Å². The summed E-state index contributed by atoms with van der Waals surface area (Å²) >= 11 is 1.55. The third-order valence-corrected chi connectivity index (χ3v) is 9.24. The maximum atomic E-state index is 13.3. The van der Waals surface area contributed by atoms with Crippen molar-refractivity contribution in [1.82, 2.24) is 14.6 Å². The maximum Gasteiger partial charge on any atom is 0.404 e. The van der Waals surface area contributed by atoms with Crippen molar-refractivity contribution >= 4 is 33.1 Å². The summed E-state index contributed by atoms with van der Waals surface area (Å²) in [4.78, 5) is 18.6. The zero-order chi connectivity index (χ0) is 22.2. The number of carboxylic acid groups (broad SMARTS) is 1. The van der Waals surface area contributed by atoms with Gasteiger partial charge in [0, 0.05) is 56.6 Å². The molecule has 0 unspecified atom stereocenters. The topological polar surface area (TPSA) is 103 Å². The van der Waals surface area contributed by atoms with Gasteiger partial charge in [-0.25, -0.2) is 18.2 Å². The summed E-state index contributed by atoms with van der Waals surface area (Å²) in [5, 5.41) is 12.5. The molecule has 1 aromatic carbocycles. The lowest BCUT2D eigenvalue weighted by Crippen LogP contribution is -2.42. The Labute approximate surface area is 187 Å². The van der Waals surface area contributed by atoms with Gasteiger partial charge in [-0.2, -0.15) is 4.31 Å². The van der Waals surface area contributed by atoms with Crippen LogP contribution >= 0.6 is 11.3 Å². The Morgan fingerprint density at radius 2 is 1.94 bits per heavy atom. The molecule has 10 heteroatoms. The van der Waals surface area contributed by atoms with Gasteiger partial charge in [0.05, 0.1) is 14.8 Å². The van der Waals surface area contributed by atoms with E-state index in [-0.39, 0.29) is 12.0 Å². The van der Waals surface area contributed by atoms with Crippen LogP contribution < -0.4 is 10.2 Å². The van der Waals surface area contributed by atoms with Crippen LogP contribution in [0.1, 0.15) is 43.0 Å². The fraction of sp³-hybridized carbons (Fsp3) is 0.524. The molecule has 2 fully saturated rings. The van der Waals surface area contributed by atoms with Gasteiger partial charge in [-0.3, -0.25) is 0 Å². The molecule has 1 saturated carbocycles. The maximum absolute atomic E-state index is 13.3. The van der Waals surface area contributed by atoms with Crippen LogP contribution in [0, 0.1) is 0 Å². The van der Waals surface area contributed by atoms with Crippen molar-refractivity contribution in [2.75, 3.05) is 32.1 Å². The van der Waals surface area contributed by atoms with Gasteiger partial charge in [-0.15, -0.1) is 11.3 Å². The number of hydrogen-bond acceptors (Lipinski definition) is 6. The highest BCUT2D eigenvalue weighted by Crippen LogP contribution is 2.40. The largest absolute Gasteiger partial charge is 0.465 e. The second kappa shape index (κ2) is 8.76. The van der Waals surface area contributed by atoms with Gasteiger partial charge in [-0.05, 0) is 44.2 Å². The minimum atomic E-state index is -3.55. The molecule has 0 radical (unpaired) electrons. The van der Waals surface area contributed by atoms with E-state index in [0.717, 1.165) is 47.7 Å². The highest BCUT2D eigenvalue weighted by molar-refractivity contribution is 7.89. The van der Waals surface area contributed by atoms with Crippen LogP contribution in [0.2, 0.25) is 0 Å². The lowest BCUT2D eigenvalue weighted by molar-refractivity contribution is 0.185. The molecule has 168 valence electrons. The van der Waals surface area contributed by atoms with Crippen LogP contribution in [0.3, 0.4) is 0 Å². The summed E-state index contributed by atoms with van der Waals surface area (Å²) in [5.41, 5.74) is 1.54. The summed E-state index contributed by atoms with van der Waals surface area (Å²) in [5.74, 6) is 0.280. The van der Waals surface area contributed by atoms with Crippen molar-refractivity contribution in [2.24, 2.45) is 0 Å². The third kappa shape index (κ3) is 4.56. The predicted octanol–water partition coefficient (Wildman–Crippen LogP) is 3.56. The monoisotopic (exact) mass is 464 g/mol. The summed E-state index contributed by atoms with van der Waals surface area (Å²) in [6.45, 7) is 1.13. The Hall–Kier alpha value is -2.17. The number of anilines is 1. The van der Waals surface area contributed by atoms with Gasteiger partial charge in [-0.1, -0.05) is 6.07 Å². The average molecular weight is 465 g/mol. The van der Waals surface area contributed by atoms with Crippen molar-refractivity contribution in [3.63, 3.8) is 0 Å². The molecular weight excluding hydrogens is 436 g/mol. The van der Waals surface area contributed by atoms with Crippen molar-refractivity contribution in [3.8, 4) is 10.4 Å². The molecule has 4 rings (SSSR count). The number of carbonyl (C=O) groups is 1. The zero-order valence-corrected chi connectivity index (χ0v) is 19.4. The van der Waals surface area contributed by atoms with E-state index in [2.05, 4.69) is 10.3 Å². The molecule has 31 heavy (non-hydrogen) atoms. The number of sulfonamides is 1. The Kier molecular flexibility index (Phi) is 6.23. The second-order valence-electron chi connectivity index (χ2n) is 8.39. The first kappa shape index (κ1) is 22.0. The van der Waals surface area contributed by atoms with Crippen molar-refractivity contribution in [1.29, 1.82) is 0 Å². The summed E-state index contributed by atoms with van der Waals surface area (Å²) in [6.07, 6.45) is 5.02. The summed E-state index contributed by atoms with van der Waals surface area (Å²) in [6, 6.07) is 5.57. The number of aromatic nitrogens is 1. The van der Waals surface area contributed by atoms with Gasteiger partial charge in [0.25, 0.3) is 0 Å². The van der Waals surface area contributed by atoms with Crippen molar-refractivity contribution in [2.45, 2.75) is 49.0 Å². The Bertz CT molecular complexity index is 1060. The van der Waals surface area contributed by atoms with E-state index in [4.69, 9.17) is 5.11 Å². The van der Waals surface area contributed by atoms with Crippen LogP contribution in [0.5, 0.6) is 0 Å². The lowest BCUT2D eigenvalue weighted by atomic mass is 9.86. The van der Waals surface area contributed by atoms with Crippen molar-refractivity contribution < 1.29 is 18.3 Å². The molecule has 1 aliphatic carbocycles. The molecule has 1 aliphatic heterocycles. The van der Waals surface area contributed by atoms with E-state index in [1.807, 2.05) is 31.1 Å². The number of thiazole rings is 1. The van der Waals surface area contributed by atoms with Gasteiger partial charge < -0.3 is 15.3 Å². The number of nitrogens with zero attached hydrogens (tertiary/aromatic N) is 3. The highest BCUT2D eigenvalue weighted by atomic mass is 32.2. The predicted molar refractivity (Wildman–Crippen MR) is 121 cm³/mol. The highest BCUT2D eigenvalue weighted by Gasteiger charge is 2.33. The second-order valence-corrected chi connectivity index (χ2v) is 11.4. The zero-order valence-electron chi connectivity index (χ0n) is 17.7. The van der Waals surface area contributed by atoms with Crippen LogP contribution in [-0.2, 0) is 10.0 Å².